The maximum Gasteiger partial charge on any atom is 0.320 e. The number of carboxylic acid groups (broad SMARTS) is 1. The van der Waals surface area contributed by atoms with E-state index in [-0.39, 0.29) is 32.4 Å². The van der Waals surface area contributed by atoms with Gasteiger partial charge in [0.2, 0.25) is 0 Å². The lowest BCUT2D eigenvalue weighted by Gasteiger charge is -2.28. The number of carbonyl (C=O) groups is 1. The summed E-state index contributed by atoms with van der Waals surface area (Å²) in [6.07, 6.45) is 0.928. The second-order valence-corrected chi connectivity index (χ2v) is 5.04. The molecule has 0 bridgehead atoms. The Morgan fingerprint density at radius 1 is 1.12 bits per heavy atom. The van der Waals surface area contributed by atoms with Gasteiger partial charge in [0, 0.05) is 19.6 Å². The number of aliphatic hydroxyl groups is 2. The van der Waals surface area contributed by atoms with E-state index in [4.69, 9.17) is 30.8 Å². The Bertz CT molecular complexity index is 333. The lowest BCUT2D eigenvalue weighted by molar-refractivity contribution is -0.144. The number of guanidine groups is 1. The van der Waals surface area contributed by atoms with Crippen LogP contribution in [0.15, 0.2) is 0 Å². The van der Waals surface area contributed by atoms with Crippen molar-refractivity contribution in [2.24, 2.45) is 5.73 Å². The molecule has 0 radical (unpaired) electrons. The van der Waals surface area contributed by atoms with Gasteiger partial charge in [-0.25, -0.2) is 0 Å². The predicted octanol–water partition coefficient (Wildman–Crippen LogP) is -1.98. The van der Waals surface area contributed by atoms with Crippen molar-refractivity contribution in [3.63, 3.8) is 0 Å². The summed E-state index contributed by atoms with van der Waals surface area (Å²) in [7, 11) is 0. The van der Waals surface area contributed by atoms with Gasteiger partial charge >= 0.3 is 5.97 Å². The van der Waals surface area contributed by atoms with Crippen LogP contribution in [0, 0.1) is 5.41 Å². The minimum atomic E-state index is -0.942. The number of hydrogen-bond acceptors (Lipinski definition) is 7. The van der Waals surface area contributed by atoms with E-state index < -0.39 is 12.0 Å². The summed E-state index contributed by atoms with van der Waals surface area (Å²) in [5, 5.41) is 36.6. The summed E-state index contributed by atoms with van der Waals surface area (Å²) in [5.74, 6) is -1.09. The van der Waals surface area contributed by atoms with E-state index in [1.54, 1.807) is 4.90 Å². The fraction of sp³-hybridized carbons (Fsp3) is 0.857. The van der Waals surface area contributed by atoms with Gasteiger partial charge in [0.15, 0.2) is 5.96 Å². The molecule has 0 unspecified atom stereocenters. The molecule has 0 aliphatic heterocycles. The maximum absolute atomic E-state index is 11.6. The number of ether oxygens (including phenoxy) is 2. The van der Waals surface area contributed by atoms with Crippen molar-refractivity contribution in [1.29, 1.82) is 5.41 Å². The van der Waals surface area contributed by atoms with Crippen LogP contribution in [0.2, 0.25) is 0 Å². The maximum atomic E-state index is 11.6. The third-order valence-electron chi connectivity index (χ3n) is 3.21. The minimum Gasteiger partial charge on any atom is -0.480 e. The van der Waals surface area contributed by atoms with Crippen LogP contribution in [0.4, 0.5) is 0 Å². The highest BCUT2D eigenvalue weighted by atomic mass is 16.5. The summed E-state index contributed by atoms with van der Waals surface area (Å²) in [6, 6.07) is -0.714. The van der Waals surface area contributed by atoms with E-state index in [2.05, 4.69) is 5.32 Å². The fourth-order valence-electron chi connectivity index (χ4n) is 2.10. The van der Waals surface area contributed by atoms with Gasteiger partial charge in [-0.3, -0.25) is 15.1 Å². The lowest BCUT2D eigenvalue weighted by atomic mass is 10.1. The highest BCUT2D eigenvalue weighted by molar-refractivity contribution is 5.74. The number of nitrogens with zero attached hydrogens (tertiary/aromatic N) is 1. The first-order valence-corrected chi connectivity index (χ1v) is 7.94. The van der Waals surface area contributed by atoms with E-state index >= 15 is 0 Å². The molecule has 10 nitrogen and oxygen atoms in total. The summed E-state index contributed by atoms with van der Waals surface area (Å²) in [6.45, 7) is 2.04. The topological polar surface area (TPSA) is 161 Å². The Hall–Kier alpha value is -1.46. The molecule has 0 aromatic carbocycles. The van der Waals surface area contributed by atoms with Gasteiger partial charge in [-0.2, -0.15) is 0 Å². The molecule has 0 aromatic rings. The molecule has 0 aliphatic rings. The SMILES string of the molecule is N=C(N)NCCC[C@@H](C(=O)O)N(CCOCCO)CCOCCO. The molecule has 0 heterocycles. The molecule has 0 aliphatic carbocycles. The average Bonchev–Trinajstić information content (AvgIpc) is 2.53. The second-order valence-electron chi connectivity index (χ2n) is 5.04. The lowest BCUT2D eigenvalue weighted by Crippen LogP contribution is -2.45. The molecule has 1 atom stereocenters. The first-order chi connectivity index (χ1) is 11.5. The Balaban J connectivity index is 4.47. The van der Waals surface area contributed by atoms with Crippen LogP contribution in [0.3, 0.4) is 0 Å². The van der Waals surface area contributed by atoms with Crippen LogP contribution >= 0.6 is 0 Å². The number of hydrogen-bond donors (Lipinski definition) is 6. The van der Waals surface area contributed by atoms with Crippen molar-refractivity contribution in [3.8, 4) is 0 Å². The van der Waals surface area contributed by atoms with Crippen LogP contribution in [0.25, 0.3) is 0 Å². The van der Waals surface area contributed by atoms with Crippen LogP contribution in [-0.4, -0.2) is 97.5 Å². The molecule has 0 aromatic heterocycles. The quantitative estimate of drug-likeness (QED) is 0.105. The molecule has 0 saturated heterocycles. The van der Waals surface area contributed by atoms with Crippen molar-refractivity contribution in [1.82, 2.24) is 10.2 Å². The number of nitrogens with two attached hydrogens (primary N) is 1. The van der Waals surface area contributed by atoms with Gasteiger partial charge in [-0.15, -0.1) is 0 Å². The van der Waals surface area contributed by atoms with Gasteiger partial charge < -0.3 is 35.8 Å². The zero-order valence-electron chi connectivity index (χ0n) is 13.9. The summed E-state index contributed by atoms with van der Waals surface area (Å²) in [5.41, 5.74) is 5.19. The van der Waals surface area contributed by atoms with Gasteiger partial charge in [0.05, 0.1) is 39.6 Å². The number of nitrogens with one attached hydrogen (secondary N) is 2. The minimum absolute atomic E-state index is 0.0846. The van der Waals surface area contributed by atoms with E-state index in [1.807, 2.05) is 0 Å². The summed E-state index contributed by atoms with van der Waals surface area (Å²) >= 11 is 0. The second kappa shape index (κ2) is 15.1. The molecule has 10 heteroatoms. The third kappa shape index (κ3) is 12.0. The van der Waals surface area contributed by atoms with Crippen molar-refractivity contribution in [3.05, 3.63) is 0 Å². The van der Waals surface area contributed by atoms with Crippen LogP contribution in [0.5, 0.6) is 0 Å². The smallest absolute Gasteiger partial charge is 0.320 e. The van der Waals surface area contributed by atoms with E-state index in [9.17, 15) is 9.90 Å². The molecule has 0 fully saturated rings. The Morgan fingerprint density at radius 2 is 1.67 bits per heavy atom. The monoisotopic (exact) mass is 350 g/mol. The molecule has 7 N–H and O–H groups in total. The van der Waals surface area contributed by atoms with Crippen LogP contribution in [-0.2, 0) is 14.3 Å². The van der Waals surface area contributed by atoms with Gasteiger partial charge in [-0.05, 0) is 12.8 Å². The van der Waals surface area contributed by atoms with Crippen molar-refractivity contribution >= 4 is 11.9 Å². The van der Waals surface area contributed by atoms with E-state index in [1.165, 1.54) is 0 Å². The van der Waals surface area contributed by atoms with Gasteiger partial charge in [-0.1, -0.05) is 0 Å². The number of aliphatic carboxylic acids is 1. The van der Waals surface area contributed by atoms with E-state index in [0.717, 1.165) is 0 Å². The number of rotatable bonds is 16. The number of aliphatic hydroxyl groups excluding tert-OH is 2. The first kappa shape index (κ1) is 22.5. The van der Waals surface area contributed by atoms with Gasteiger partial charge in [0.25, 0.3) is 0 Å². The molecule has 0 amide bonds. The van der Waals surface area contributed by atoms with Crippen molar-refractivity contribution in [2.75, 3.05) is 59.3 Å². The number of carboxylic acids is 1. The zero-order chi connectivity index (χ0) is 18.2. The average molecular weight is 350 g/mol. The molecular weight excluding hydrogens is 320 g/mol. The summed E-state index contributed by atoms with van der Waals surface area (Å²) < 4.78 is 10.4. The molecule has 0 spiro atoms. The van der Waals surface area contributed by atoms with Crippen LogP contribution in [0.1, 0.15) is 12.8 Å². The molecule has 24 heavy (non-hydrogen) atoms. The predicted molar refractivity (Wildman–Crippen MR) is 88.0 cm³/mol. The fourth-order valence-corrected chi connectivity index (χ4v) is 2.10. The molecule has 0 rings (SSSR count). The molecular formula is C14H30N4O6. The van der Waals surface area contributed by atoms with Gasteiger partial charge in [0.1, 0.15) is 6.04 Å². The molecule has 0 saturated carbocycles. The highest BCUT2D eigenvalue weighted by Gasteiger charge is 2.24. The van der Waals surface area contributed by atoms with E-state index in [0.29, 0.717) is 45.7 Å². The zero-order valence-corrected chi connectivity index (χ0v) is 13.9. The normalized spacial score (nSPS) is 12.3. The van der Waals surface area contributed by atoms with Crippen LogP contribution < -0.4 is 11.1 Å². The Kier molecular flexibility index (Phi) is 14.2. The summed E-state index contributed by atoms with van der Waals surface area (Å²) in [4.78, 5) is 13.3. The molecule has 142 valence electrons. The van der Waals surface area contributed by atoms with Crippen molar-refractivity contribution in [2.45, 2.75) is 18.9 Å². The highest BCUT2D eigenvalue weighted by Crippen LogP contribution is 2.08. The Labute approximate surface area is 142 Å². The largest absolute Gasteiger partial charge is 0.480 e. The standard InChI is InChI=1S/C14H30N4O6/c15-14(16)17-3-1-2-12(13(21)22)18(4-8-23-10-6-19)5-9-24-11-7-20/h12,19-20H,1-11H2,(H,21,22)(H4,15,16,17)/t12-/m0/s1. The van der Waals surface area contributed by atoms with Crippen molar-refractivity contribution < 1.29 is 29.6 Å². The third-order valence-corrected chi connectivity index (χ3v) is 3.21. The first-order valence-electron chi connectivity index (χ1n) is 7.94. The Morgan fingerprint density at radius 3 is 2.08 bits per heavy atom.